The molecule has 0 radical (unpaired) electrons. The summed E-state index contributed by atoms with van der Waals surface area (Å²) in [6.45, 7) is 6.40. The van der Waals surface area contributed by atoms with Gasteiger partial charge < -0.3 is 9.47 Å². The number of carbonyl (C=O) groups is 1. The lowest BCUT2D eigenvalue weighted by atomic mass is 10.1. The van der Waals surface area contributed by atoms with Crippen LogP contribution in [0.1, 0.15) is 19.5 Å². The fourth-order valence-corrected chi connectivity index (χ4v) is 2.71. The molecule has 0 aliphatic carbocycles. The molecule has 0 bridgehead atoms. The normalized spacial score (nSPS) is 15.2. The molecule has 1 aliphatic heterocycles. The van der Waals surface area contributed by atoms with Crippen molar-refractivity contribution >= 4 is 16.8 Å². The number of benzene rings is 1. The average Bonchev–Trinajstić information content (AvgIpc) is 2.75. The third-order valence-electron chi connectivity index (χ3n) is 3.65. The molecule has 3 nitrogen and oxygen atoms in total. The van der Waals surface area contributed by atoms with E-state index < -0.39 is 0 Å². The van der Waals surface area contributed by atoms with E-state index in [4.69, 9.17) is 0 Å². The van der Waals surface area contributed by atoms with Crippen molar-refractivity contribution < 1.29 is 4.79 Å². The SMILES string of the molecule is CC(C)C(=O)N1CCn2c(cc3ccccc32)C1. The Morgan fingerprint density at radius 1 is 1.22 bits per heavy atom. The van der Waals surface area contributed by atoms with E-state index in [0.717, 1.165) is 19.6 Å². The van der Waals surface area contributed by atoms with Gasteiger partial charge in [-0.25, -0.2) is 0 Å². The maximum Gasteiger partial charge on any atom is 0.225 e. The fourth-order valence-electron chi connectivity index (χ4n) is 2.71. The predicted molar refractivity (Wildman–Crippen MR) is 72.2 cm³/mol. The average molecular weight is 242 g/mol. The Morgan fingerprint density at radius 3 is 2.78 bits per heavy atom. The van der Waals surface area contributed by atoms with Crippen molar-refractivity contribution in [3.8, 4) is 0 Å². The first-order valence-corrected chi connectivity index (χ1v) is 6.53. The van der Waals surface area contributed by atoms with E-state index in [2.05, 4.69) is 34.9 Å². The molecule has 0 spiro atoms. The minimum atomic E-state index is 0.0842. The molecule has 0 unspecified atom stereocenters. The number of hydrogen-bond acceptors (Lipinski definition) is 1. The second-order valence-corrected chi connectivity index (χ2v) is 5.26. The number of amides is 1. The highest BCUT2D eigenvalue weighted by Gasteiger charge is 2.23. The quantitative estimate of drug-likeness (QED) is 0.754. The van der Waals surface area contributed by atoms with Gasteiger partial charge in [-0.2, -0.15) is 0 Å². The molecule has 1 aromatic heterocycles. The number of carbonyl (C=O) groups excluding carboxylic acids is 1. The number of para-hydroxylation sites is 1. The van der Waals surface area contributed by atoms with Crippen LogP contribution in [0.5, 0.6) is 0 Å². The first-order chi connectivity index (χ1) is 8.66. The zero-order valence-corrected chi connectivity index (χ0v) is 10.9. The van der Waals surface area contributed by atoms with Gasteiger partial charge in [0.15, 0.2) is 0 Å². The summed E-state index contributed by atoms with van der Waals surface area (Å²) in [5.74, 6) is 0.340. The molecule has 1 amide bonds. The molecule has 94 valence electrons. The van der Waals surface area contributed by atoms with Crippen molar-refractivity contribution in [3.05, 3.63) is 36.0 Å². The summed E-state index contributed by atoms with van der Waals surface area (Å²) < 4.78 is 2.33. The molecule has 0 fully saturated rings. The van der Waals surface area contributed by atoms with Crippen molar-refractivity contribution in [2.24, 2.45) is 5.92 Å². The van der Waals surface area contributed by atoms with E-state index in [-0.39, 0.29) is 11.8 Å². The van der Waals surface area contributed by atoms with Crippen LogP contribution >= 0.6 is 0 Å². The lowest BCUT2D eigenvalue weighted by molar-refractivity contribution is -0.135. The van der Waals surface area contributed by atoms with Crippen molar-refractivity contribution in [2.75, 3.05) is 6.54 Å². The molecular formula is C15H18N2O. The second-order valence-electron chi connectivity index (χ2n) is 5.26. The Balaban J connectivity index is 1.96. The van der Waals surface area contributed by atoms with E-state index in [1.807, 2.05) is 18.7 Å². The number of nitrogens with zero attached hydrogens (tertiary/aromatic N) is 2. The van der Waals surface area contributed by atoms with Gasteiger partial charge in [-0.3, -0.25) is 4.79 Å². The van der Waals surface area contributed by atoms with E-state index in [1.165, 1.54) is 16.6 Å². The van der Waals surface area contributed by atoms with Gasteiger partial charge in [0, 0.05) is 30.2 Å². The van der Waals surface area contributed by atoms with Crippen molar-refractivity contribution in [1.82, 2.24) is 9.47 Å². The first kappa shape index (κ1) is 11.3. The van der Waals surface area contributed by atoms with Crippen molar-refractivity contribution in [1.29, 1.82) is 0 Å². The van der Waals surface area contributed by atoms with E-state index in [0.29, 0.717) is 0 Å². The molecular weight excluding hydrogens is 224 g/mol. The zero-order valence-electron chi connectivity index (χ0n) is 10.9. The van der Waals surface area contributed by atoms with Gasteiger partial charge in [0.1, 0.15) is 0 Å². The van der Waals surface area contributed by atoms with Crippen LogP contribution in [0.4, 0.5) is 0 Å². The minimum Gasteiger partial charge on any atom is -0.341 e. The van der Waals surface area contributed by atoms with Gasteiger partial charge in [-0.1, -0.05) is 32.0 Å². The highest BCUT2D eigenvalue weighted by atomic mass is 16.2. The third-order valence-corrected chi connectivity index (χ3v) is 3.65. The summed E-state index contributed by atoms with van der Waals surface area (Å²) in [5, 5.41) is 1.27. The fraction of sp³-hybridized carbons (Fsp3) is 0.400. The van der Waals surface area contributed by atoms with Gasteiger partial charge in [-0.15, -0.1) is 0 Å². The topological polar surface area (TPSA) is 25.2 Å². The van der Waals surface area contributed by atoms with Gasteiger partial charge in [0.2, 0.25) is 5.91 Å². The Morgan fingerprint density at radius 2 is 2.00 bits per heavy atom. The molecule has 2 aromatic rings. The molecule has 0 saturated carbocycles. The Hall–Kier alpha value is -1.77. The smallest absolute Gasteiger partial charge is 0.225 e. The first-order valence-electron chi connectivity index (χ1n) is 6.53. The molecule has 1 aliphatic rings. The van der Waals surface area contributed by atoms with Gasteiger partial charge in [0.25, 0.3) is 0 Å². The molecule has 0 atom stereocenters. The lowest BCUT2D eigenvalue weighted by Gasteiger charge is -2.30. The number of hydrogen-bond donors (Lipinski definition) is 0. The highest BCUT2D eigenvalue weighted by molar-refractivity contribution is 5.82. The standard InChI is InChI=1S/C15H18N2O/c1-11(2)15(18)16-7-8-17-13(10-16)9-12-5-3-4-6-14(12)17/h3-6,9,11H,7-8,10H2,1-2H3. The van der Waals surface area contributed by atoms with Crippen LogP contribution in [-0.4, -0.2) is 21.9 Å². The summed E-state index contributed by atoms with van der Waals surface area (Å²) >= 11 is 0. The largest absolute Gasteiger partial charge is 0.341 e. The van der Waals surface area contributed by atoms with Crippen LogP contribution in [0.3, 0.4) is 0 Å². The third kappa shape index (κ3) is 1.70. The van der Waals surface area contributed by atoms with Crippen molar-refractivity contribution in [2.45, 2.75) is 26.9 Å². The monoisotopic (exact) mass is 242 g/mol. The summed E-state index contributed by atoms with van der Waals surface area (Å²) in [6.07, 6.45) is 0. The van der Waals surface area contributed by atoms with E-state index >= 15 is 0 Å². The number of fused-ring (bicyclic) bond motifs is 3. The van der Waals surface area contributed by atoms with Crippen LogP contribution in [0.2, 0.25) is 0 Å². The summed E-state index contributed by atoms with van der Waals surface area (Å²) in [4.78, 5) is 14.0. The molecule has 3 heteroatoms. The van der Waals surface area contributed by atoms with Crippen LogP contribution < -0.4 is 0 Å². The minimum absolute atomic E-state index is 0.0842. The predicted octanol–water partition coefficient (Wildman–Crippen LogP) is 2.64. The summed E-state index contributed by atoms with van der Waals surface area (Å²) in [7, 11) is 0. The van der Waals surface area contributed by atoms with Crippen molar-refractivity contribution in [3.63, 3.8) is 0 Å². The molecule has 18 heavy (non-hydrogen) atoms. The summed E-state index contributed by atoms with van der Waals surface area (Å²) in [5.41, 5.74) is 2.53. The maximum absolute atomic E-state index is 12.0. The van der Waals surface area contributed by atoms with Crippen LogP contribution in [0.15, 0.2) is 30.3 Å². The number of aromatic nitrogens is 1. The van der Waals surface area contributed by atoms with Gasteiger partial charge >= 0.3 is 0 Å². The molecule has 0 N–H and O–H groups in total. The van der Waals surface area contributed by atoms with Crippen LogP contribution in [0, 0.1) is 5.92 Å². The maximum atomic E-state index is 12.0. The van der Waals surface area contributed by atoms with E-state index in [9.17, 15) is 4.79 Å². The van der Waals surface area contributed by atoms with Gasteiger partial charge in [0.05, 0.1) is 6.54 Å². The summed E-state index contributed by atoms with van der Waals surface area (Å²) in [6, 6.07) is 10.6. The Kier molecular flexibility index (Phi) is 2.62. The molecule has 1 aromatic carbocycles. The zero-order chi connectivity index (χ0) is 12.7. The molecule has 2 heterocycles. The molecule has 3 rings (SSSR count). The molecule has 0 saturated heterocycles. The highest BCUT2D eigenvalue weighted by Crippen LogP contribution is 2.24. The number of rotatable bonds is 1. The van der Waals surface area contributed by atoms with Crippen LogP contribution in [-0.2, 0) is 17.9 Å². The van der Waals surface area contributed by atoms with Gasteiger partial charge in [-0.05, 0) is 17.5 Å². The Labute approximate surface area is 107 Å². The second kappa shape index (κ2) is 4.16. The lowest BCUT2D eigenvalue weighted by Crippen LogP contribution is -2.40. The van der Waals surface area contributed by atoms with Crippen LogP contribution in [0.25, 0.3) is 10.9 Å². The van der Waals surface area contributed by atoms with E-state index in [1.54, 1.807) is 0 Å². The Bertz CT molecular complexity index is 598.